The highest BCUT2D eigenvalue weighted by Gasteiger charge is 2.09. The van der Waals surface area contributed by atoms with Gasteiger partial charge < -0.3 is 15.4 Å². The molecule has 0 aromatic carbocycles. The minimum absolute atomic E-state index is 0.453. The van der Waals surface area contributed by atoms with Gasteiger partial charge in [0.1, 0.15) is 18.2 Å². The van der Waals surface area contributed by atoms with E-state index < -0.39 is 0 Å². The highest BCUT2D eigenvalue weighted by atomic mass is 16.5. The third kappa shape index (κ3) is 5.74. The van der Waals surface area contributed by atoms with Crippen molar-refractivity contribution in [3.05, 3.63) is 11.9 Å². The predicted octanol–water partition coefficient (Wildman–Crippen LogP) is 3.44. The second-order valence-electron chi connectivity index (χ2n) is 4.76. The van der Waals surface area contributed by atoms with Crippen LogP contribution in [0.3, 0.4) is 0 Å². The Morgan fingerprint density at radius 3 is 2.50 bits per heavy atom. The van der Waals surface area contributed by atoms with Crippen molar-refractivity contribution in [2.45, 2.75) is 59.6 Å². The SMILES string of the molecule is CCCC(CC)Nc1cc(NCC)nc(COCC)n1. The molecule has 5 nitrogen and oxygen atoms in total. The molecule has 0 saturated heterocycles. The second-order valence-corrected chi connectivity index (χ2v) is 4.76. The summed E-state index contributed by atoms with van der Waals surface area (Å²) < 4.78 is 5.41. The molecular formula is C15H28N4O. The van der Waals surface area contributed by atoms with E-state index in [1.54, 1.807) is 0 Å². The van der Waals surface area contributed by atoms with Crippen LogP contribution in [0.25, 0.3) is 0 Å². The normalized spacial score (nSPS) is 12.2. The molecule has 1 rings (SSSR count). The van der Waals surface area contributed by atoms with Gasteiger partial charge in [-0.2, -0.15) is 0 Å². The third-order valence-corrected chi connectivity index (χ3v) is 3.05. The number of hydrogen-bond acceptors (Lipinski definition) is 5. The average molecular weight is 280 g/mol. The van der Waals surface area contributed by atoms with Crippen LogP contribution in [0.2, 0.25) is 0 Å². The zero-order valence-corrected chi connectivity index (χ0v) is 13.2. The first-order valence-electron chi connectivity index (χ1n) is 7.69. The Bertz CT molecular complexity index is 384. The van der Waals surface area contributed by atoms with Crippen molar-refractivity contribution in [3.63, 3.8) is 0 Å². The van der Waals surface area contributed by atoms with Gasteiger partial charge in [0.05, 0.1) is 0 Å². The second kappa shape index (κ2) is 9.53. The summed E-state index contributed by atoms with van der Waals surface area (Å²) >= 11 is 0. The van der Waals surface area contributed by atoms with Gasteiger partial charge in [-0.15, -0.1) is 0 Å². The molecule has 0 radical (unpaired) electrons. The van der Waals surface area contributed by atoms with E-state index in [1.807, 2.05) is 13.0 Å². The molecule has 2 N–H and O–H groups in total. The fourth-order valence-corrected chi connectivity index (χ4v) is 2.04. The molecule has 0 aliphatic heterocycles. The zero-order valence-electron chi connectivity index (χ0n) is 13.2. The standard InChI is InChI=1S/C15H28N4O/c1-5-9-12(6-2)17-14-10-13(16-7-3)18-15(19-14)11-20-8-4/h10,12H,5-9,11H2,1-4H3,(H2,16,17,18,19). The van der Waals surface area contributed by atoms with E-state index in [-0.39, 0.29) is 0 Å². The van der Waals surface area contributed by atoms with Crippen molar-refractivity contribution in [2.24, 2.45) is 0 Å². The molecule has 5 heteroatoms. The highest BCUT2D eigenvalue weighted by Crippen LogP contribution is 2.15. The van der Waals surface area contributed by atoms with Crippen molar-refractivity contribution < 1.29 is 4.74 Å². The van der Waals surface area contributed by atoms with Crippen LogP contribution < -0.4 is 10.6 Å². The molecule has 1 heterocycles. The molecule has 114 valence electrons. The molecule has 1 aromatic heterocycles. The van der Waals surface area contributed by atoms with Gasteiger partial charge in [-0.3, -0.25) is 0 Å². The van der Waals surface area contributed by atoms with Crippen LogP contribution in [-0.4, -0.2) is 29.2 Å². The molecule has 0 bridgehead atoms. The van der Waals surface area contributed by atoms with Crippen LogP contribution in [0, 0.1) is 0 Å². The molecule has 0 fully saturated rings. The van der Waals surface area contributed by atoms with E-state index in [4.69, 9.17) is 4.74 Å². The van der Waals surface area contributed by atoms with Crippen LogP contribution in [0.15, 0.2) is 6.07 Å². The quantitative estimate of drug-likeness (QED) is 0.687. The highest BCUT2D eigenvalue weighted by molar-refractivity contribution is 5.48. The molecule has 1 unspecified atom stereocenters. The Morgan fingerprint density at radius 2 is 1.90 bits per heavy atom. The van der Waals surface area contributed by atoms with Gasteiger partial charge in [0.15, 0.2) is 5.82 Å². The fourth-order valence-electron chi connectivity index (χ4n) is 2.04. The van der Waals surface area contributed by atoms with Gasteiger partial charge in [0.25, 0.3) is 0 Å². The largest absolute Gasteiger partial charge is 0.374 e. The Morgan fingerprint density at radius 1 is 1.15 bits per heavy atom. The molecule has 0 amide bonds. The van der Waals surface area contributed by atoms with Gasteiger partial charge in [-0.1, -0.05) is 20.3 Å². The van der Waals surface area contributed by atoms with Crippen molar-refractivity contribution in [1.82, 2.24) is 9.97 Å². The topological polar surface area (TPSA) is 59.1 Å². The number of rotatable bonds is 10. The number of anilines is 2. The van der Waals surface area contributed by atoms with E-state index in [9.17, 15) is 0 Å². The van der Waals surface area contributed by atoms with Gasteiger partial charge in [-0.05, 0) is 26.7 Å². The van der Waals surface area contributed by atoms with Gasteiger partial charge in [-0.25, -0.2) is 9.97 Å². The maximum atomic E-state index is 5.41. The monoisotopic (exact) mass is 280 g/mol. The number of hydrogen-bond donors (Lipinski definition) is 2. The summed E-state index contributed by atoms with van der Waals surface area (Å²) in [4.78, 5) is 8.99. The Kier molecular flexibility index (Phi) is 7.95. The lowest BCUT2D eigenvalue weighted by atomic mass is 10.1. The lowest BCUT2D eigenvalue weighted by Gasteiger charge is -2.18. The molecule has 0 aliphatic carbocycles. The van der Waals surface area contributed by atoms with Crippen molar-refractivity contribution in [1.29, 1.82) is 0 Å². The average Bonchev–Trinajstić information content (AvgIpc) is 2.45. The number of nitrogens with one attached hydrogen (secondary N) is 2. The number of nitrogens with zero attached hydrogens (tertiary/aromatic N) is 2. The minimum atomic E-state index is 0.453. The van der Waals surface area contributed by atoms with E-state index in [2.05, 4.69) is 41.4 Å². The predicted molar refractivity (Wildman–Crippen MR) is 84.1 cm³/mol. The smallest absolute Gasteiger partial charge is 0.158 e. The zero-order chi connectivity index (χ0) is 14.8. The molecule has 0 spiro atoms. The Balaban J connectivity index is 2.83. The van der Waals surface area contributed by atoms with Crippen LogP contribution in [-0.2, 0) is 11.3 Å². The van der Waals surface area contributed by atoms with E-state index in [0.29, 0.717) is 19.3 Å². The van der Waals surface area contributed by atoms with E-state index in [1.165, 1.54) is 6.42 Å². The van der Waals surface area contributed by atoms with Crippen LogP contribution >= 0.6 is 0 Å². The minimum Gasteiger partial charge on any atom is -0.374 e. The van der Waals surface area contributed by atoms with Gasteiger partial charge in [0, 0.05) is 25.3 Å². The summed E-state index contributed by atoms with van der Waals surface area (Å²) in [6.07, 6.45) is 3.41. The maximum Gasteiger partial charge on any atom is 0.158 e. The first-order chi connectivity index (χ1) is 9.73. The molecule has 1 atom stereocenters. The van der Waals surface area contributed by atoms with Crippen molar-refractivity contribution >= 4 is 11.6 Å². The van der Waals surface area contributed by atoms with Crippen LogP contribution in [0.5, 0.6) is 0 Å². The lowest BCUT2D eigenvalue weighted by molar-refractivity contribution is 0.128. The summed E-state index contributed by atoms with van der Waals surface area (Å²) in [6.45, 7) is 10.4. The molecule has 0 aliphatic rings. The van der Waals surface area contributed by atoms with Gasteiger partial charge in [0.2, 0.25) is 0 Å². The summed E-state index contributed by atoms with van der Waals surface area (Å²) in [7, 11) is 0. The van der Waals surface area contributed by atoms with E-state index >= 15 is 0 Å². The van der Waals surface area contributed by atoms with Gasteiger partial charge >= 0.3 is 0 Å². The fraction of sp³-hybridized carbons (Fsp3) is 0.733. The van der Waals surface area contributed by atoms with Crippen LogP contribution in [0.4, 0.5) is 11.6 Å². The number of aromatic nitrogens is 2. The lowest BCUT2D eigenvalue weighted by Crippen LogP contribution is -2.20. The Labute approximate surface area is 122 Å². The maximum absolute atomic E-state index is 5.41. The van der Waals surface area contributed by atoms with Crippen molar-refractivity contribution in [3.8, 4) is 0 Å². The first-order valence-corrected chi connectivity index (χ1v) is 7.69. The van der Waals surface area contributed by atoms with Crippen molar-refractivity contribution in [2.75, 3.05) is 23.8 Å². The third-order valence-electron chi connectivity index (χ3n) is 3.05. The molecule has 20 heavy (non-hydrogen) atoms. The summed E-state index contributed by atoms with van der Waals surface area (Å²) in [5.41, 5.74) is 0. The number of ether oxygens (including phenoxy) is 1. The molecule has 1 aromatic rings. The summed E-state index contributed by atoms with van der Waals surface area (Å²) in [5, 5.41) is 6.74. The Hall–Kier alpha value is -1.36. The van der Waals surface area contributed by atoms with Crippen LogP contribution in [0.1, 0.15) is 52.8 Å². The molecule has 0 saturated carbocycles. The molecular weight excluding hydrogens is 252 g/mol. The van der Waals surface area contributed by atoms with E-state index in [0.717, 1.165) is 36.8 Å². The summed E-state index contributed by atoms with van der Waals surface area (Å²) in [5.74, 6) is 2.45. The first kappa shape index (κ1) is 16.7. The summed E-state index contributed by atoms with van der Waals surface area (Å²) in [6, 6.07) is 2.43.